The lowest BCUT2D eigenvalue weighted by atomic mass is 10.2. The van der Waals surface area contributed by atoms with E-state index in [1.54, 1.807) is 25.1 Å². The van der Waals surface area contributed by atoms with Crippen molar-refractivity contribution < 1.29 is 14.0 Å². The van der Waals surface area contributed by atoms with Gasteiger partial charge in [-0.25, -0.2) is 9.59 Å². The Labute approximate surface area is 119 Å². The molecular formula is C13H14N4O4. The molecule has 0 unspecified atom stereocenters. The fourth-order valence-corrected chi connectivity index (χ4v) is 2.27. The Hall–Kier alpha value is -2.77. The SMILES string of the molecule is C[C@H](Nc1ccc2oc(=O)[nH]c2c1)C(=O)N1CCNC1=O. The van der Waals surface area contributed by atoms with Crippen LogP contribution in [0.5, 0.6) is 0 Å². The third-order valence-electron chi connectivity index (χ3n) is 3.30. The Morgan fingerprint density at radius 1 is 1.43 bits per heavy atom. The van der Waals surface area contributed by atoms with Crippen LogP contribution in [0.3, 0.4) is 0 Å². The number of rotatable bonds is 3. The molecular weight excluding hydrogens is 276 g/mol. The second kappa shape index (κ2) is 4.97. The first-order valence-electron chi connectivity index (χ1n) is 6.53. The molecule has 1 aliphatic heterocycles. The first-order chi connectivity index (χ1) is 10.0. The topological polar surface area (TPSA) is 107 Å². The summed E-state index contributed by atoms with van der Waals surface area (Å²) in [5, 5.41) is 5.59. The summed E-state index contributed by atoms with van der Waals surface area (Å²) in [6, 6.07) is 4.07. The van der Waals surface area contributed by atoms with Crippen molar-refractivity contribution in [2.24, 2.45) is 0 Å². The summed E-state index contributed by atoms with van der Waals surface area (Å²) in [6.45, 7) is 2.52. The van der Waals surface area contributed by atoms with E-state index in [4.69, 9.17) is 4.42 Å². The number of aromatic amines is 1. The number of carbonyl (C=O) groups excluding carboxylic acids is 2. The van der Waals surface area contributed by atoms with Gasteiger partial charge in [0.1, 0.15) is 6.04 Å². The number of hydrogen-bond acceptors (Lipinski definition) is 5. The van der Waals surface area contributed by atoms with Gasteiger partial charge in [0.25, 0.3) is 5.91 Å². The highest BCUT2D eigenvalue weighted by Crippen LogP contribution is 2.17. The van der Waals surface area contributed by atoms with Crippen LogP contribution in [0.2, 0.25) is 0 Å². The zero-order valence-electron chi connectivity index (χ0n) is 11.3. The summed E-state index contributed by atoms with van der Waals surface area (Å²) in [4.78, 5) is 38.4. The van der Waals surface area contributed by atoms with Gasteiger partial charge in [-0.15, -0.1) is 0 Å². The number of nitrogens with zero attached hydrogens (tertiary/aromatic N) is 1. The Bertz CT molecular complexity index is 763. The number of oxazole rings is 1. The minimum Gasteiger partial charge on any atom is -0.408 e. The quantitative estimate of drug-likeness (QED) is 0.761. The molecule has 110 valence electrons. The predicted molar refractivity (Wildman–Crippen MR) is 75.0 cm³/mol. The number of aromatic nitrogens is 1. The van der Waals surface area contributed by atoms with Crippen molar-refractivity contribution in [2.45, 2.75) is 13.0 Å². The number of benzene rings is 1. The second-order valence-electron chi connectivity index (χ2n) is 4.81. The number of H-pyrrole nitrogens is 1. The van der Waals surface area contributed by atoms with Crippen LogP contribution in [-0.2, 0) is 4.79 Å². The summed E-state index contributed by atoms with van der Waals surface area (Å²) in [7, 11) is 0. The summed E-state index contributed by atoms with van der Waals surface area (Å²) in [5.74, 6) is -0.828. The van der Waals surface area contributed by atoms with Gasteiger partial charge in [-0.05, 0) is 25.1 Å². The van der Waals surface area contributed by atoms with Crippen LogP contribution < -0.4 is 16.4 Å². The van der Waals surface area contributed by atoms with Crippen LogP contribution in [0, 0.1) is 0 Å². The van der Waals surface area contributed by atoms with Gasteiger partial charge < -0.3 is 15.1 Å². The third-order valence-corrected chi connectivity index (χ3v) is 3.30. The van der Waals surface area contributed by atoms with E-state index in [-0.39, 0.29) is 11.9 Å². The molecule has 3 N–H and O–H groups in total. The maximum Gasteiger partial charge on any atom is 0.417 e. The average molecular weight is 290 g/mol. The molecule has 1 atom stereocenters. The smallest absolute Gasteiger partial charge is 0.408 e. The van der Waals surface area contributed by atoms with E-state index < -0.39 is 11.8 Å². The standard InChI is InChI=1S/C13H14N4O4/c1-7(11(18)17-5-4-14-12(17)19)15-8-2-3-10-9(6-8)16-13(20)21-10/h2-3,6-7,15H,4-5H2,1H3,(H,14,19)(H,16,20)/t7-/m0/s1. The van der Waals surface area contributed by atoms with E-state index in [0.29, 0.717) is 29.9 Å². The van der Waals surface area contributed by atoms with Gasteiger partial charge in [0.15, 0.2) is 5.58 Å². The summed E-state index contributed by atoms with van der Waals surface area (Å²) in [5.41, 5.74) is 1.65. The van der Waals surface area contributed by atoms with Gasteiger partial charge in [0.05, 0.1) is 5.52 Å². The molecule has 2 aromatic rings. The Kier molecular flexibility index (Phi) is 3.13. The lowest BCUT2D eigenvalue weighted by molar-refractivity contribution is -0.128. The number of amides is 3. The van der Waals surface area contributed by atoms with E-state index in [2.05, 4.69) is 15.6 Å². The third kappa shape index (κ3) is 2.47. The molecule has 0 spiro atoms. The number of hydrogen-bond donors (Lipinski definition) is 3. The van der Waals surface area contributed by atoms with Crippen molar-refractivity contribution >= 4 is 28.7 Å². The van der Waals surface area contributed by atoms with E-state index in [9.17, 15) is 14.4 Å². The van der Waals surface area contributed by atoms with Crippen molar-refractivity contribution in [2.75, 3.05) is 18.4 Å². The van der Waals surface area contributed by atoms with Gasteiger partial charge in [-0.1, -0.05) is 0 Å². The fourth-order valence-electron chi connectivity index (χ4n) is 2.27. The monoisotopic (exact) mass is 290 g/mol. The lowest BCUT2D eigenvalue weighted by Crippen LogP contribution is -2.43. The average Bonchev–Trinajstić information content (AvgIpc) is 3.02. The largest absolute Gasteiger partial charge is 0.417 e. The minimum absolute atomic E-state index is 0.300. The second-order valence-corrected chi connectivity index (χ2v) is 4.81. The Morgan fingerprint density at radius 2 is 2.24 bits per heavy atom. The molecule has 0 aliphatic carbocycles. The molecule has 1 aromatic heterocycles. The Morgan fingerprint density at radius 3 is 2.95 bits per heavy atom. The highest BCUT2D eigenvalue weighted by Gasteiger charge is 2.29. The number of nitrogens with one attached hydrogen (secondary N) is 3. The van der Waals surface area contributed by atoms with Crippen LogP contribution in [-0.4, -0.2) is 41.0 Å². The molecule has 3 rings (SSSR count). The maximum atomic E-state index is 12.2. The molecule has 2 heterocycles. The van der Waals surface area contributed by atoms with Crippen molar-refractivity contribution in [1.29, 1.82) is 0 Å². The molecule has 1 aliphatic rings. The molecule has 1 fully saturated rings. The van der Waals surface area contributed by atoms with E-state index in [0.717, 1.165) is 0 Å². The molecule has 0 bridgehead atoms. The number of urea groups is 1. The fraction of sp³-hybridized carbons (Fsp3) is 0.308. The molecule has 0 radical (unpaired) electrons. The molecule has 1 aromatic carbocycles. The van der Waals surface area contributed by atoms with Crippen LogP contribution in [0.25, 0.3) is 11.1 Å². The van der Waals surface area contributed by atoms with E-state index in [1.807, 2.05) is 0 Å². The number of carbonyl (C=O) groups is 2. The number of imide groups is 1. The first kappa shape index (κ1) is 13.2. The normalized spacial score (nSPS) is 16.0. The van der Waals surface area contributed by atoms with Crippen LogP contribution in [0.15, 0.2) is 27.4 Å². The highest BCUT2D eigenvalue weighted by molar-refractivity contribution is 5.99. The molecule has 8 heteroatoms. The van der Waals surface area contributed by atoms with Crippen molar-refractivity contribution in [3.05, 3.63) is 28.7 Å². The molecule has 1 saturated heterocycles. The van der Waals surface area contributed by atoms with Crippen LogP contribution in [0.4, 0.5) is 10.5 Å². The van der Waals surface area contributed by atoms with Gasteiger partial charge >= 0.3 is 11.8 Å². The van der Waals surface area contributed by atoms with Crippen LogP contribution >= 0.6 is 0 Å². The van der Waals surface area contributed by atoms with Gasteiger partial charge in [-0.2, -0.15) is 0 Å². The number of anilines is 1. The van der Waals surface area contributed by atoms with Crippen LogP contribution in [0.1, 0.15) is 6.92 Å². The lowest BCUT2D eigenvalue weighted by Gasteiger charge is -2.19. The van der Waals surface area contributed by atoms with Gasteiger partial charge in [0.2, 0.25) is 0 Å². The van der Waals surface area contributed by atoms with E-state index >= 15 is 0 Å². The van der Waals surface area contributed by atoms with Crippen molar-refractivity contribution in [3.8, 4) is 0 Å². The Balaban J connectivity index is 1.76. The van der Waals surface area contributed by atoms with Crippen molar-refractivity contribution in [3.63, 3.8) is 0 Å². The summed E-state index contributed by atoms with van der Waals surface area (Å²) >= 11 is 0. The molecule has 8 nitrogen and oxygen atoms in total. The van der Waals surface area contributed by atoms with Gasteiger partial charge in [-0.3, -0.25) is 14.7 Å². The molecule has 0 saturated carbocycles. The predicted octanol–water partition coefficient (Wildman–Crippen LogP) is 0.473. The highest BCUT2D eigenvalue weighted by atomic mass is 16.4. The first-order valence-corrected chi connectivity index (χ1v) is 6.53. The zero-order valence-corrected chi connectivity index (χ0v) is 11.3. The number of fused-ring (bicyclic) bond motifs is 1. The van der Waals surface area contributed by atoms with Gasteiger partial charge in [0, 0.05) is 18.8 Å². The van der Waals surface area contributed by atoms with Crippen molar-refractivity contribution in [1.82, 2.24) is 15.2 Å². The zero-order chi connectivity index (χ0) is 15.0. The maximum absolute atomic E-state index is 12.2. The molecule has 21 heavy (non-hydrogen) atoms. The summed E-state index contributed by atoms with van der Waals surface area (Å²) in [6.07, 6.45) is 0. The summed E-state index contributed by atoms with van der Waals surface area (Å²) < 4.78 is 4.90. The van der Waals surface area contributed by atoms with E-state index in [1.165, 1.54) is 4.90 Å². The minimum atomic E-state index is -0.565. The molecule has 3 amide bonds.